The Morgan fingerprint density at radius 2 is 2.00 bits per heavy atom. The van der Waals surface area contributed by atoms with E-state index in [2.05, 4.69) is 0 Å². The Morgan fingerprint density at radius 3 is 2.58 bits per heavy atom. The van der Waals surface area contributed by atoms with E-state index in [1.165, 1.54) is 11.3 Å². The van der Waals surface area contributed by atoms with Crippen LogP contribution in [0.3, 0.4) is 0 Å². The normalized spacial score (nSPS) is 16.6. The number of likely N-dealkylation sites (tertiary alicyclic amines) is 1. The van der Waals surface area contributed by atoms with Crippen LogP contribution in [-0.2, 0) is 4.79 Å². The van der Waals surface area contributed by atoms with Gasteiger partial charge in [0.2, 0.25) is 5.91 Å². The van der Waals surface area contributed by atoms with Crippen molar-refractivity contribution in [2.45, 2.75) is 38.7 Å². The van der Waals surface area contributed by atoms with Crippen LogP contribution in [0.2, 0.25) is 0 Å². The zero-order valence-corrected chi connectivity index (χ0v) is 11.9. The van der Waals surface area contributed by atoms with E-state index in [1.54, 1.807) is 4.90 Å². The first-order valence-electron chi connectivity index (χ1n) is 6.62. The van der Waals surface area contributed by atoms with Crippen molar-refractivity contribution in [3.05, 3.63) is 21.9 Å². The molecule has 1 fully saturated rings. The van der Waals surface area contributed by atoms with Gasteiger partial charge in [0.15, 0.2) is 5.78 Å². The number of aryl methyl sites for hydroxylation is 1. The third kappa shape index (κ3) is 3.88. The monoisotopic (exact) mass is 281 g/mol. The van der Waals surface area contributed by atoms with Crippen LogP contribution in [0.1, 0.15) is 40.2 Å². The number of amides is 1. The van der Waals surface area contributed by atoms with Crippen molar-refractivity contribution in [3.8, 4) is 0 Å². The molecule has 0 atom stereocenters. The molecule has 1 aliphatic rings. The Balaban J connectivity index is 1.79. The van der Waals surface area contributed by atoms with Gasteiger partial charge in [-0.2, -0.15) is 0 Å². The zero-order valence-electron chi connectivity index (χ0n) is 11.1. The fourth-order valence-electron chi connectivity index (χ4n) is 2.20. The molecule has 104 valence electrons. The highest BCUT2D eigenvalue weighted by Gasteiger charge is 2.21. The Hall–Kier alpha value is -1.20. The number of nitrogens with zero attached hydrogens (tertiary/aromatic N) is 1. The van der Waals surface area contributed by atoms with Crippen molar-refractivity contribution in [2.75, 3.05) is 13.1 Å². The molecule has 0 spiro atoms. The molecule has 0 unspecified atom stereocenters. The molecule has 0 bridgehead atoms. The minimum Gasteiger partial charge on any atom is -0.393 e. The molecule has 1 N–H and O–H groups in total. The van der Waals surface area contributed by atoms with E-state index < -0.39 is 0 Å². The van der Waals surface area contributed by atoms with Gasteiger partial charge in [0, 0.05) is 30.8 Å². The Bertz CT molecular complexity index is 461. The Kier molecular flexibility index (Phi) is 4.71. The van der Waals surface area contributed by atoms with Gasteiger partial charge in [-0.25, -0.2) is 0 Å². The summed E-state index contributed by atoms with van der Waals surface area (Å²) in [5.41, 5.74) is 0. The van der Waals surface area contributed by atoms with Crippen LogP contribution < -0.4 is 0 Å². The first-order chi connectivity index (χ1) is 9.06. The second-order valence-corrected chi connectivity index (χ2v) is 6.23. The van der Waals surface area contributed by atoms with E-state index in [-0.39, 0.29) is 30.6 Å². The quantitative estimate of drug-likeness (QED) is 0.859. The van der Waals surface area contributed by atoms with E-state index in [9.17, 15) is 14.7 Å². The van der Waals surface area contributed by atoms with Gasteiger partial charge in [-0.3, -0.25) is 9.59 Å². The second kappa shape index (κ2) is 6.30. The van der Waals surface area contributed by atoms with Crippen LogP contribution >= 0.6 is 11.3 Å². The maximum Gasteiger partial charge on any atom is 0.223 e. The smallest absolute Gasteiger partial charge is 0.223 e. The molecule has 1 aromatic heterocycles. The number of ketones is 1. The van der Waals surface area contributed by atoms with E-state index in [0.29, 0.717) is 25.9 Å². The molecule has 2 heterocycles. The maximum atomic E-state index is 11.9. The van der Waals surface area contributed by atoms with Gasteiger partial charge >= 0.3 is 0 Å². The number of carbonyl (C=O) groups excluding carboxylic acids is 2. The van der Waals surface area contributed by atoms with Crippen molar-refractivity contribution < 1.29 is 14.7 Å². The summed E-state index contributed by atoms with van der Waals surface area (Å²) in [5, 5.41) is 9.39. The summed E-state index contributed by atoms with van der Waals surface area (Å²) < 4.78 is 0. The third-order valence-electron chi connectivity index (χ3n) is 3.40. The lowest BCUT2D eigenvalue weighted by Gasteiger charge is -2.29. The highest BCUT2D eigenvalue weighted by molar-refractivity contribution is 7.14. The van der Waals surface area contributed by atoms with Gasteiger partial charge in [-0.05, 0) is 31.9 Å². The lowest BCUT2D eigenvalue weighted by molar-refractivity contribution is -0.133. The van der Waals surface area contributed by atoms with Crippen LogP contribution in [0, 0.1) is 6.92 Å². The Labute approximate surface area is 117 Å². The number of carbonyl (C=O) groups is 2. The number of Topliss-reactive ketones (excluding diaryl/α,β-unsaturated/α-hetero) is 1. The van der Waals surface area contributed by atoms with Gasteiger partial charge in [-0.1, -0.05) is 0 Å². The summed E-state index contributed by atoms with van der Waals surface area (Å²) in [4.78, 5) is 27.4. The van der Waals surface area contributed by atoms with Crippen LogP contribution in [0.5, 0.6) is 0 Å². The average Bonchev–Trinajstić information content (AvgIpc) is 2.83. The highest BCUT2D eigenvalue weighted by atomic mass is 32.1. The summed E-state index contributed by atoms with van der Waals surface area (Å²) in [5.74, 6) is 0.0667. The van der Waals surface area contributed by atoms with Crippen molar-refractivity contribution in [3.63, 3.8) is 0 Å². The molecule has 0 aliphatic carbocycles. The number of hydrogen-bond donors (Lipinski definition) is 1. The van der Waals surface area contributed by atoms with Crippen molar-refractivity contribution in [1.82, 2.24) is 4.90 Å². The van der Waals surface area contributed by atoms with Gasteiger partial charge in [-0.15, -0.1) is 11.3 Å². The van der Waals surface area contributed by atoms with Crippen molar-refractivity contribution >= 4 is 23.0 Å². The Morgan fingerprint density at radius 1 is 1.32 bits per heavy atom. The molecular weight excluding hydrogens is 262 g/mol. The van der Waals surface area contributed by atoms with E-state index >= 15 is 0 Å². The predicted octanol–water partition coefficient (Wildman–Crippen LogP) is 2.00. The minimum absolute atomic E-state index is 0.0218. The predicted molar refractivity (Wildman–Crippen MR) is 74.4 cm³/mol. The third-order valence-corrected chi connectivity index (χ3v) is 4.44. The van der Waals surface area contributed by atoms with E-state index in [1.807, 2.05) is 19.1 Å². The fourth-order valence-corrected chi connectivity index (χ4v) is 3.04. The summed E-state index contributed by atoms with van der Waals surface area (Å²) >= 11 is 1.48. The minimum atomic E-state index is -0.278. The molecule has 19 heavy (non-hydrogen) atoms. The zero-order chi connectivity index (χ0) is 13.8. The molecule has 2 rings (SSSR count). The number of rotatable bonds is 4. The second-order valence-electron chi connectivity index (χ2n) is 4.95. The number of piperidine rings is 1. The molecular formula is C14H19NO3S. The van der Waals surface area contributed by atoms with Crippen LogP contribution in [0.4, 0.5) is 0 Å². The molecule has 1 aliphatic heterocycles. The highest BCUT2D eigenvalue weighted by Crippen LogP contribution is 2.18. The molecule has 1 saturated heterocycles. The van der Waals surface area contributed by atoms with Crippen LogP contribution in [-0.4, -0.2) is 40.9 Å². The number of hydrogen-bond acceptors (Lipinski definition) is 4. The summed E-state index contributed by atoms with van der Waals surface area (Å²) in [7, 11) is 0. The summed E-state index contributed by atoms with van der Waals surface area (Å²) in [6, 6.07) is 3.75. The topological polar surface area (TPSA) is 57.6 Å². The standard InChI is InChI=1S/C14H19NO3S/c1-10-2-4-13(19-10)12(17)3-5-14(18)15-8-6-11(16)7-9-15/h2,4,11,16H,3,5-9H2,1H3. The van der Waals surface area contributed by atoms with Crippen LogP contribution in [0.25, 0.3) is 0 Å². The maximum absolute atomic E-state index is 11.9. The van der Waals surface area contributed by atoms with Crippen molar-refractivity contribution in [2.24, 2.45) is 0 Å². The molecule has 0 saturated carbocycles. The lowest BCUT2D eigenvalue weighted by Crippen LogP contribution is -2.40. The molecule has 0 radical (unpaired) electrons. The SMILES string of the molecule is Cc1ccc(C(=O)CCC(=O)N2CCC(O)CC2)s1. The average molecular weight is 281 g/mol. The molecule has 5 heteroatoms. The molecule has 1 aromatic rings. The number of aliphatic hydroxyl groups excluding tert-OH is 1. The molecule has 0 aromatic carbocycles. The van der Waals surface area contributed by atoms with E-state index in [0.717, 1.165) is 9.75 Å². The van der Waals surface area contributed by atoms with Gasteiger partial charge in [0.1, 0.15) is 0 Å². The van der Waals surface area contributed by atoms with Gasteiger partial charge in [0.05, 0.1) is 11.0 Å². The number of aliphatic hydroxyl groups is 1. The fraction of sp³-hybridized carbons (Fsp3) is 0.571. The lowest BCUT2D eigenvalue weighted by atomic mass is 10.1. The number of thiophene rings is 1. The molecule has 1 amide bonds. The summed E-state index contributed by atoms with van der Waals surface area (Å²) in [6.45, 7) is 3.17. The largest absolute Gasteiger partial charge is 0.393 e. The first-order valence-corrected chi connectivity index (χ1v) is 7.43. The van der Waals surface area contributed by atoms with Crippen LogP contribution in [0.15, 0.2) is 12.1 Å². The molecule has 4 nitrogen and oxygen atoms in total. The van der Waals surface area contributed by atoms with Gasteiger partial charge < -0.3 is 10.0 Å². The van der Waals surface area contributed by atoms with E-state index in [4.69, 9.17) is 0 Å². The van der Waals surface area contributed by atoms with Gasteiger partial charge in [0.25, 0.3) is 0 Å². The summed E-state index contributed by atoms with van der Waals surface area (Å²) in [6.07, 6.45) is 1.55. The van der Waals surface area contributed by atoms with Crippen molar-refractivity contribution in [1.29, 1.82) is 0 Å². The first kappa shape index (κ1) is 14.2.